The molecular weight excluding hydrogens is 360 g/mol. The fraction of sp³-hybridized carbons (Fsp3) is 0.381. The van der Waals surface area contributed by atoms with E-state index in [-0.39, 0.29) is 12.5 Å². The fourth-order valence-corrected chi connectivity index (χ4v) is 4.01. The Balaban J connectivity index is 0.00000126. The number of rotatable bonds is 7. The molecule has 2 N–H and O–H groups in total. The lowest BCUT2D eigenvalue weighted by atomic mass is 10.0. The van der Waals surface area contributed by atoms with Gasteiger partial charge < -0.3 is 9.04 Å². The molecule has 146 valence electrons. The Morgan fingerprint density at radius 1 is 1.19 bits per heavy atom. The average molecular weight is 389 g/mol. The molecule has 0 spiro atoms. The van der Waals surface area contributed by atoms with Crippen LogP contribution in [0.3, 0.4) is 0 Å². The summed E-state index contributed by atoms with van der Waals surface area (Å²) in [5, 5.41) is 8.90. The van der Waals surface area contributed by atoms with Crippen LogP contribution in [0.25, 0.3) is 0 Å². The highest BCUT2D eigenvalue weighted by molar-refractivity contribution is 8.01. The lowest BCUT2D eigenvalue weighted by molar-refractivity contribution is -0.129. The van der Waals surface area contributed by atoms with Gasteiger partial charge in [-0.25, -0.2) is 5.48 Å². The molecule has 27 heavy (non-hydrogen) atoms. The summed E-state index contributed by atoms with van der Waals surface area (Å²) >= 11 is 1.61. The minimum absolute atomic E-state index is 0.125. The van der Waals surface area contributed by atoms with Crippen molar-refractivity contribution in [2.24, 2.45) is 0 Å². The topological polar surface area (TPSA) is 61.8 Å². The Labute approximate surface area is 165 Å². The van der Waals surface area contributed by atoms with Crippen LogP contribution in [0.4, 0.5) is 5.69 Å². The highest BCUT2D eigenvalue weighted by Crippen LogP contribution is 2.48. The lowest BCUT2D eigenvalue weighted by Crippen LogP contribution is -2.26. The number of fused-ring (bicyclic) bond motifs is 1. The number of anilines is 1. The zero-order valence-corrected chi connectivity index (χ0v) is 17.0. The Kier molecular flexibility index (Phi) is 8.48. The van der Waals surface area contributed by atoms with Crippen LogP contribution >= 0.6 is 11.9 Å². The molecule has 1 atom stereocenters. The molecule has 0 saturated carbocycles. The van der Waals surface area contributed by atoms with Gasteiger partial charge in [0.05, 0.1) is 19.1 Å². The van der Waals surface area contributed by atoms with Gasteiger partial charge in [0.1, 0.15) is 5.75 Å². The monoisotopic (exact) mass is 388 g/mol. The van der Waals surface area contributed by atoms with Crippen LogP contribution in [-0.4, -0.2) is 17.7 Å². The van der Waals surface area contributed by atoms with E-state index in [0.29, 0.717) is 0 Å². The second-order valence-corrected chi connectivity index (χ2v) is 6.92. The first kappa shape index (κ1) is 21.1. The van der Waals surface area contributed by atoms with Gasteiger partial charge in [-0.15, -0.1) is 0 Å². The van der Waals surface area contributed by atoms with Gasteiger partial charge in [0.2, 0.25) is 5.91 Å². The number of unbranched alkanes of at least 4 members (excludes halogenated alkanes) is 1. The Bertz CT molecular complexity index is 722. The summed E-state index contributed by atoms with van der Waals surface area (Å²) in [6.07, 6.45) is 2.34. The van der Waals surface area contributed by atoms with E-state index < -0.39 is 5.91 Å². The maximum absolute atomic E-state index is 11.7. The molecule has 0 aromatic heterocycles. The molecule has 0 fully saturated rings. The predicted octanol–water partition coefficient (Wildman–Crippen LogP) is 5.36. The molecule has 5 nitrogen and oxygen atoms in total. The van der Waals surface area contributed by atoms with E-state index in [1.165, 1.54) is 0 Å². The van der Waals surface area contributed by atoms with E-state index in [1.54, 1.807) is 17.4 Å². The molecule has 2 aromatic rings. The third-order valence-corrected chi connectivity index (χ3v) is 5.35. The van der Waals surface area contributed by atoms with Gasteiger partial charge in [-0.2, -0.15) is 0 Å². The van der Waals surface area contributed by atoms with Crippen molar-refractivity contribution in [1.82, 2.24) is 5.48 Å². The number of amides is 1. The van der Waals surface area contributed by atoms with E-state index in [2.05, 4.69) is 11.2 Å². The minimum Gasteiger partial charge on any atom is -0.494 e. The van der Waals surface area contributed by atoms with Gasteiger partial charge in [0.25, 0.3) is 0 Å². The lowest BCUT2D eigenvalue weighted by Gasteiger charge is -2.25. The second-order valence-electron chi connectivity index (χ2n) is 5.91. The first-order chi connectivity index (χ1) is 13.2. The molecule has 0 radical (unpaired) electrons. The van der Waals surface area contributed by atoms with Crippen LogP contribution < -0.4 is 14.5 Å². The van der Waals surface area contributed by atoms with Crippen LogP contribution in [0, 0.1) is 0 Å². The zero-order valence-electron chi connectivity index (χ0n) is 16.1. The van der Waals surface area contributed by atoms with Crippen molar-refractivity contribution >= 4 is 23.5 Å². The summed E-state index contributed by atoms with van der Waals surface area (Å²) in [7, 11) is 0. The predicted molar refractivity (Wildman–Crippen MR) is 110 cm³/mol. The van der Waals surface area contributed by atoms with Gasteiger partial charge in [0.15, 0.2) is 0 Å². The van der Waals surface area contributed by atoms with Crippen molar-refractivity contribution in [3.05, 3.63) is 54.1 Å². The number of nitrogens with zero attached hydrogens (tertiary/aromatic N) is 1. The second kappa shape index (κ2) is 10.8. The van der Waals surface area contributed by atoms with Crippen molar-refractivity contribution in [1.29, 1.82) is 0 Å². The first-order valence-electron chi connectivity index (χ1n) is 9.45. The van der Waals surface area contributed by atoms with Crippen LogP contribution in [0.15, 0.2) is 53.4 Å². The summed E-state index contributed by atoms with van der Waals surface area (Å²) in [5.74, 6) is 0.454. The summed E-state index contributed by atoms with van der Waals surface area (Å²) < 4.78 is 7.82. The number of hydrogen-bond donors (Lipinski definition) is 2. The summed E-state index contributed by atoms with van der Waals surface area (Å²) in [6.45, 7) is 6.86. The van der Waals surface area contributed by atoms with E-state index in [4.69, 9.17) is 9.94 Å². The number of ether oxygens (including phenoxy) is 1. The number of hydrogen-bond acceptors (Lipinski definition) is 5. The van der Waals surface area contributed by atoms with Crippen molar-refractivity contribution in [3.8, 4) is 5.75 Å². The molecule has 6 heteroatoms. The molecule has 0 bridgehead atoms. The van der Waals surface area contributed by atoms with Crippen LogP contribution in [-0.2, 0) is 4.79 Å². The first-order valence-corrected chi connectivity index (χ1v) is 10.2. The molecule has 3 rings (SSSR count). The van der Waals surface area contributed by atoms with Crippen LogP contribution in [0.5, 0.6) is 5.75 Å². The average Bonchev–Trinajstić information content (AvgIpc) is 3.08. The summed E-state index contributed by atoms with van der Waals surface area (Å²) in [6, 6.07) is 15.8. The van der Waals surface area contributed by atoms with Gasteiger partial charge in [-0.1, -0.05) is 45.4 Å². The smallest absolute Gasteiger partial charge is 0.245 e. The Hall–Kier alpha value is -2.18. The van der Waals surface area contributed by atoms with E-state index in [9.17, 15) is 4.79 Å². The van der Waals surface area contributed by atoms with E-state index in [0.717, 1.165) is 41.3 Å². The molecule has 0 saturated heterocycles. The van der Waals surface area contributed by atoms with Crippen molar-refractivity contribution in [3.63, 3.8) is 0 Å². The zero-order chi connectivity index (χ0) is 19.6. The molecule has 1 aliphatic rings. The molecule has 1 aliphatic heterocycles. The Morgan fingerprint density at radius 2 is 1.89 bits per heavy atom. The largest absolute Gasteiger partial charge is 0.494 e. The highest BCUT2D eigenvalue weighted by atomic mass is 32.2. The third kappa shape index (κ3) is 5.40. The number of benzene rings is 2. The molecule has 1 heterocycles. The van der Waals surface area contributed by atoms with Gasteiger partial charge in [-0.3, -0.25) is 10.0 Å². The van der Waals surface area contributed by atoms with Gasteiger partial charge in [0, 0.05) is 10.6 Å². The number of carbonyl (C=O) groups is 1. The van der Waals surface area contributed by atoms with Crippen LogP contribution in [0.1, 0.15) is 51.6 Å². The van der Waals surface area contributed by atoms with E-state index >= 15 is 0 Å². The maximum Gasteiger partial charge on any atom is 0.245 e. The molecule has 2 aromatic carbocycles. The van der Waals surface area contributed by atoms with Gasteiger partial charge >= 0.3 is 0 Å². The standard InChI is InChI=1S/C19H22N2O3S.C2H6/c1-2-3-12-24-15-10-8-14(9-11-15)21-17(13-19(22)20-23)16-6-4-5-7-18(16)25-21;1-2/h4-11,17,23H,2-3,12-13H2,1H3,(H,20,22);1-2H3. The molecule has 1 unspecified atom stereocenters. The van der Waals surface area contributed by atoms with E-state index in [1.807, 2.05) is 62.4 Å². The third-order valence-electron chi connectivity index (χ3n) is 4.12. The number of hydroxylamine groups is 1. The molecule has 1 amide bonds. The van der Waals surface area contributed by atoms with Crippen LogP contribution in [0.2, 0.25) is 0 Å². The molecular formula is C21H28N2O3S. The van der Waals surface area contributed by atoms with Crippen molar-refractivity contribution in [2.75, 3.05) is 10.9 Å². The van der Waals surface area contributed by atoms with Crippen molar-refractivity contribution < 1.29 is 14.7 Å². The summed E-state index contributed by atoms with van der Waals surface area (Å²) in [5.41, 5.74) is 3.83. The fourth-order valence-electron chi connectivity index (χ4n) is 2.81. The highest BCUT2D eigenvalue weighted by Gasteiger charge is 2.33. The SMILES string of the molecule is CC.CCCCOc1ccc(N2Sc3ccccc3C2CC(=O)NO)cc1. The number of nitrogens with one attached hydrogen (secondary N) is 1. The van der Waals surface area contributed by atoms with Crippen molar-refractivity contribution in [2.45, 2.75) is 51.0 Å². The summed E-state index contributed by atoms with van der Waals surface area (Å²) in [4.78, 5) is 12.9. The normalized spacial score (nSPS) is 14.8. The quantitative estimate of drug-likeness (QED) is 0.289. The van der Waals surface area contributed by atoms with Gasteiger partial charge in [-0.05, 0) is 54.3 Å². The Morgan fingerprint density at radius 3 is 2.56 bits per heavy atom. The minimum atomic E-state index is -0.396. The number of carbonyl (C=O) groups excluding carboxylic acids is 1. The maximum atomic E-state index is 11.7. The molecule has 0 aliphatic carbocycles.